The van der Waals surface area contributed by atoms with Gasteiger partial charge in [-0.1, -0.05) is 23.7 Å². The van der Waals surface area contributed by atoms with Crippen LogP contribution in [0.2, 0.25) is 5.02 Å². The number of nitrogens with zero attached hydrogens (tertiary/aromatic N) is 3. The first-order chi connectivity index (χ1) is 16.7. The molecule has 1 N–H and O–H groups in total. The van der Waals surface area contributed by atoms with Crippen molar-refractivity contribution in [2.45, 2.75) is 12.1 Å². The monoisotopic (exact) mass is 513 g/mol. The van der Waals surface area contributed by atoms with Crippen molar-refractivity contribution in [3.8, 4) is 28.5 Å². The van der Waals surface area contributed by atoms with Crippen LogP contribution in [0.5, 0.6) is 5.75 Å². The molecule has 12 heteroatoms. The Bertz CT molecular complexity index is 1460. The van der Waals surface area contributed by atoms with E-state index in [9.17, 15) is 20.0 Å². The first kappa shape index (κ1) is 24.0. The van der Waals surface area contributed by atoms with Crippen LogP contribution >= 0.6 is 23.4 Å². The van der Waals surface area contributed by atoms with Crippen LogP contribution in [0.15, 0.2) is 67.5 Å². The lowest BCUT2D eigenvalue weighted by Crippen LogP contribution is -1.96. The maximum absolute atomic E-state index is 11.8. The molecule has 0 unspecified atom stereocenters. The van der Waals surface area contributed by atoms with E-state index in [-0.39, 0.29) is 27.5 Å². The van der Waals surface area contributed by atoms with E-state index in [2.05, 4.69) is 10.2 Å². The van der Waals surface area contributed by atoms with E-state index in [0.29, 0.717) is 33.2 Å². The van der Waals surface area contributed by atoms with Crippen molar-refractivity contribution in [1.82, 2.24) is 10.2 Å². The summed E-state index contributed by atoms with van der Waals surface area (Å²) in [5, 5.41) is 29.1. The van der Waals surface area contributed by atoms with Gasteiger partial charge in [0.05, 0.1) is 17.6 Å². The van der Waals surface area contributed by atoms with Crippen LogP contribution in [0.25, 0.3) is 28.9 Å². The summed E-state index contributed by atoms with van der Waals surface area (Å²) in [5.74, 6) is -0.0912. The number of hydrogen-bond donors (Lipinski definition) is 1. The predicted octanol–water partition coefficient (Wildman–Crippen LogP) is 6.09. The van der Waals surface area contributed by atoms with Gasteiger partial charge in [0.25, 0.3) is 16.8 Å². The highest BCUT2D eigenvalue weighted by Crippen LogP contribution is 2.35. The second kappa shape index (κ2) is 10.0. The van der Waals surface area contributed by atoms with E-state index in [4.69, 9.17) is 25.2 Å². The molecule has 10 nitrogen and oxygen atoms in total. The maximum atomic E-state index is 11.8. The van der Waals surface area contributed by atoms with Gasteiger partial charge in [-0.2, -0.15) is 0 Å². The zero-order valence-electron chi connectivity index (χ0n) is 18.2. The lowest BCUT2D eigenvalue weighted by Gasteiger charge is -2.04. The van der Waals surface area contributed by atoms with Crippen molar-refractivity contribution in [1.29, 1.82) is 0 Å². The van der Waals surface area contributed by atoms with Crippen molar-refractivity contribution in [3.63, 3.8) is 0 Å². The number of nitro benzene ring substituents is 1. The molecule has 0 aliphatic rings. The summed E-state index contributed by atoms with van der Waals surface area (Å²) >= 11 is 6.78. The zero-order chi connectivity index (χ0) is 25.1. The number of carboxylic acids is 1. The van der Waals surface area contributed by atoms with E-state index in [1.54, 1.807) is 49.4 Å². The van der Waals surface area contributed by atoms with Gasteiger partial charge in [0, 0.05) is 28.3 Å². The molecule has 0 aliphatic heterocycles. The quantitative estimate of drug-likeness (QED) is 0.127. The van der Waals surface area contributed by atoms with Crippen LogP contribution in [-0.4, -0.2) is 33.3 Å². The van der Waals surface area contributed by atoms with Gasteiger partial charge < -0.3 is 18.7 Å². The SMILES string of the molecule is COc1ccc(Cl)cc1-c1nnc(S/C(=C\c2ccc(-c3ccc(C)c([N+](=O)[O-])c3)o2)C(=O)O)o1. The Balaban J connectivity index is 1.59. The fourth-order valence-corrected chi connectivity index (χ4v) is 3.94. The number of methoxy groups -OCH3 is 1. The van der Waals surface area contributed by atoms with Gasteiger partial charge in [0.15, 0.2) is 0 Å². The number of thioether (sulfide) groups is 1. The van der Waals surface area contributed by atoms with E-state index < -0.39 is 10.9 Å². The Morgan fingerprint density at radius 3 is 2.69 bits per heavy atom. The number of aromatic nitrogens is 2. The number of carbonyl (C=O) groups is 1. The number of benzene rings is 2. The maximum Gasteiger partial charge on any atom is 0.342 e. The number of nitro groups is 1. The Labute approximate surface area is 207 Å². The highest BCUT2D eigenvalue weighted by Gasteiger charge is 2.19. The minimum absolute atomic E-state index is 0.0170. The molecule has 178 valence electrons. The molecule has 0 aliphatic carbocycles. The van der Waals surface area contributed by atoms with Gasteiger partial charge in [-0.25, -0.2) is 4.79 Å². The van der Waals surface area contributed by atoms with Crippen LogP contribution in [-0.2, 0) is 4.79 Å². The Kier molecular flexibility index (Phi) is 6.90. The summed E-state index contributed by atoms with van der Waals surface area (Å²) in [7, 11) is 1.48. The number of aryl methyl sites for hydroxylation is 1. The predicted molar refractivity (Wildman–Crippen MR) is 128 cm³/mol. The molecule has 0 bridgehead atoms. The van der Waals surface area contributed by atoms with Crippen LogP contribution in [0.4, 0.5) is 5.69 Å². The van der Waals surface area contributed by atoms with Crippen molar-refractivity contribution >= 4 is 41.1 Å². The summed E-state index contributed by atoms with van der Waals surface area (Å²) < 4.78 is 16.6. The molecule has 0 saturated heterocycles. The van der Waals surface area contributed by atoms with E-state index in [1.807, 2.05) is 0 Å². The Hall–Kier alpha value is -4.09. The lowest BCUT2D eigenvalue weighted by molar-refractivity contribution is -0.385. The molecule has 0 saturated carbocycles. The van der Waals surface area contributed by atoms with Crippen molar-refractivity contribution in [3.05, 3.63) is 79.9 Å². The van der Waals surface area contributed by atoms with Crippen molar-refractivity contribution in [2.24, 2.45) is 0 Å². The molecule has 35 heavy (non-hydrogen) atoms. The largest absolute Gasteiger partial charge is 0.496 e. The molecule has 0 amide bonds. The lowest BCUT2D eigenvalue weighted by atomic mass is 10.1. The minimum atomic E-state index is -1.24. The van der Waals surface area contributed by atoms with Gasteiger partial charge >= 0.3 is 5.97 Å². The molecular formula is C23H16ClN3O7S. The summed E-state index contributed by atoms with van der Waals surface area (Å²) in [5.41, 5.74) is 1.43. The molecular weight excluding hydrogens is 498 g/mol. The van der Waals surface area contributed by atoms with E-state index >= 15 is 0 Å². The van der Waals surface area contributed by atoms with Crippen molar-refractivity contribution in [2.75, 3.05) is 7.11 Å². The fraction of sp³-hybridized carbons (Fsp3) is 0.0870. The topological polar surface area (TPSA) is 142 Å². The van der Waals surface area contributed by atoms with Gasteiger partial charge in [-0.15, -0.1) is 10.2 Å². The van der Waals surface area contributed by atoms with Gasteiger partial charge in [0.2, 0.25) is 0 Å². The van der Waals surface area contributed by atoms with Crippen molar-refractivity contribution < 1.29 is 28.4 Å². The molecule has 4 aromatic rings. The molecule has 2 aromatic heterocycles. The van der Waals surface area contributed by atoms with Gasteiger partial charge in [-0.3, -0.25) is 10.1 Å². The van der Waals surface area contributed by atoms with Crippen LogP contribution in [0, 0.1) is 17.0 Å². The summed E-state index contributed by atoms with van der Waals surface area (Å²) in [6.07, 6.45) is 1.29. The van der Waals surface area contributed by atoms with E-state index in [1.165, 1.54) is 19.3 Å². The number of aliphatic carboxylic acids is 1. The Morgan fingerprint density at radius 2 is 1.97 bits per heavy atom. The summed E-state index contributed by atoms with van der Waals surface area (Å²) in [4.78, 5) is 22.4. The molecule has 2 heterocycles. The minimum Gasteiger partial charge on any atom is -0.496 e. The highest BCUT2D eigenvalue weighted by atomic mass is 35.5. The summed E-state index contributed by atoms with van der Waals surface area (Å²) in [6.45, 7) is 1.64. The number of rotatable bonds is 8. The molecule has 0 radical (unpaired) electrons. The number of ether oxygens (including phenoxy) is 1. The number of carboxylic acid groups (broad SMARTS) is 1. The molecule has 0 fully saturated rings. The average molecular weight is 514 g/mol. The standard InChI is InChI=1S/C23H16ClN3O7S/c1-12-3-4-13(9-17(12)27(30)31)18-8-6-15(33-18)11-20(22(28)29)35-23-26-25-21(34-23)16-10-14(24)5-7-19(16)32-2/h3-11H,1-2H3,(H,28,29)/b20-11-. The highest BCUT2D eigenvalue weighted by molar-refractivity contribution is 8.03. The smallest absolute Gasteiger partial charge is 0.342 e. The molecule has 4 rings (SSSR count). The van der Waals surface area contributed by atoms with E-state index in [0.717, 1.165) is 11.8 Å². The zero-order valence-corrected chi connectivity index (χ0v) is 19.8. The third-order valence-corrected chi connectivity index (χ3v) is 5.88. The Morgan fingerprint density at radius 1 is 1.17 bits per heavy atom. The molecule has 0 spiro atoms. The third-order valence-electron chi connectivity index (χ3n) is 4.80. The van der Waals surface area contributed by atoms with Gasteiger partial charge in [-0.05, 0) is 49.0 Å². The van der Waals surface area contributed by atoms with Crippen LogP contribution < -0.4 is 4.74 Å². The third kappa shape index (κ3) is 5.36. The van der Waals surface area contributed by atoms with Gasteiger partial charge in [0.1, 0.15) is 22.2 Å². The number of furan rings is 1. The second-order valence-corrected chi connectivity index (χ2v) is 8.52. The molecule has 2 aromatic carbocycles. The first-order valence-corrected chi connectivity index (χ1v) is 11.1. The summed E-state index contributed by atoms with van der Waals surface area (Å²) in [6, 6.07) is 12.7. The average Bonchev–Trinajstić information content (AvgIpc) is 3.48. The number of hydrogen-bond acceptors (Lipinski definition) is 9. The first-order valence-electron chi connectivity index (χ1n) is 9.90. The normalized spacial score (nSPS) is 11.5. The fourth-order valence-electron chi connectivity index (χ4n) is 3.11. The van der Waals surface area contributed by atoms with Crippen LogP contribution in [0.1, 0.15) is 11.3 Å². The van der Waals surface area contributed by atoms with Crippen LogP contribution in [0.3, 0.4) is 0 Å². The number of halogens is 1. The molecule has 0 atom stereocenters. The second-order valence-electron chi connectivity index (χ2n) is 7.09.